The van der Waals surface area contributed by atoms with Crippen LogP contribution in [0.3, 0.4) is 0 Å². The number of hydrogen-bond donors (Lipinski definition) is 0. The lowest BCUT2D eigenvalue weighted by Crippen LogP contribution is -2.39. The highest BCUT2D eigenvalue weighted by atomic mass is 32.1. The van der Waals surface area contributed by atoms with E-state index in [1.54, 1.807) is 7.11 Å². The molecule has 3 aromatic rings. The molecule has 1 aromatic heterocycles. The van der Waals surface area contributed by atoms with Gasteiger partial charge in [-0.25, -0.2) is 4.98 Å². The van der Waals surface area contributed by atoms with Gasteiger partial charge >= 0.3 is 0 Å². The summed E-state index contributed by atoms with van der Waals surface area (Å²) in [5.41, 5.74) is 1.47. The third kappa shape index (κ3) is 6.93. The molecule has 0 N–H and O–H groups in total. The van der Waals surface area contributed by atoms with Crippen molar-refractivity contribution in [2.45, 2.75) is 32.6 Å². The van der Waals surface area contributed by atoms with E-state index < -0.39 is 0 Å². The van der Waals surface area contributed by atoms with Crippen LogP contribution < -0.4 is 14.4 Å². The Morgan fingerprint density at radius 3 is 2.60 bits per heavy atom. The summed E-state index contributed by atoms with van der Waals surface area (Å²) in [7, 11) is 1.65. The number of methoxy groups -OCH3 is 1. The molecule has 1 amide bonds. The fraction of sp³-hybridized carbons (Fsp3) is 0.481. The van der Waals surface area contributed by atoms with Crippen LogP contribution in [0.2, 0.25) is 0 Å². The summed E-state index contributed by atoms with van der Waals surface area (Å²) in [4.78, 5) is 22.6. The van der Waals surface area contributed by atoms with Crippen LogP contribution in [0.1, 0.15) is 43.0 Å². The van der Waals surface area contributed by atoms with Gasteiger partial charge in [-0.3, -0.25) is 14.6 Å². The second-order valence-electron chi connectivity index (χ2n) is 8.67. The highest BCUT2D eigenvalue weighted by Crippen LogP contribution is 2.32. The van der Waals surface area contributed by atoms with Gasteiger partial charge in [0.05, 0.1) is 37.1 Å². The number of anilines is 1. The highest BCUT2D eigenvalue weighted by molar-refractivity contribution is 7.22. The van der Waals surface area contributed by atoms with Gasteiger partial charge in [0.2, 0.25) is 0 Å². The van der Waals surface area contributed by atoms with Crippen molar-refractivity contribution in [2.24, 2.45) is 0 Å². The zero-order valence-electron chi connectivity index (χ0n) is 20.7. The Bertz CT molecular complexity index is 1080. The summed E-state index contributed by atoms with van der Waals surface area (Å²) in [5.74, 6) is 1.51. The number of nitrogens with zero attached hydrogens (tertiary/aromatic N) is 3. The van der Waals surface area contributed by atoms with E-state index in [1.165, 1.54) is 11.3 Å². The Kier molecular flexibility index (Phi) is 9.34. The van der Waals surface area contributed by atoms with E-state index in [4.69, 9.17) is 19.2 Å². The number of ether oxygens (including phenoxy) is 3. The van der Waals surface area contributed by atoms with Crippen LogP contribution in [0.4, 0.5) is 5.13 Å². The van der Waals surface area contributed by atoms with Crippen LogP contribution in [-0.4, -0.2) is 68.9 Å². The molecule has 1 aliphatic rings. The van der Waals surface area contributed by atoms with E-state index >= 15 is 0 Å². The summed E-state index contributed by atoms with van der Waals surface area (Å²) in [6, 6.07) is 13.3. The van der Waals surface area contributed by atoms with E-state index in [0.29, 0.717) is 23.8 Å². The maximum absolute atomic E-state index is 13.6. The van der Waals surface area contributed by atoms with Crippen molar-refractivity contribution in [2.75, 3.05) is 58.0 Å². The molecular weight excluding hydrogens is 462 g/mol. The minimum Gasteiger partial charge on any atom is -0.497 e. The number of fused-ring (bicyclic) bond motifs is 1. The third-order valence-electron chi connectivity index (χ3n) is 6.14. The average Bonchev–Trinajstić information content (AvgIpc) is 3.32. The van der Waals surface area contributed by atoms with Crippen LogP contribution in [0, 0.1) is 0 Å². The van der Waals surface area contributed by atoms with Gasteiger partial charge in [-0.2, -0.15) is 0 Å². The van der Waals surface area contributed by atoms with Crippen LogP contribution in [0.25, 0.3) is 10.2 Å². The number of carbonyl (C=O) groups is 1. The molecule has 2 heterocycles. The predicted molar refractivity (Wildman–Crippen MR) is 141 cm³/mol. The molecule has 0 spiro atoms. The normalized spacial score (nSPS) is 14.2. The topological polar surface area (TPSA) is 64.1 Å². The smallest absolute Gasteiger partial charge is 0.260 e. The number of aromatic nitrogens is 1. The number of benzene rings is 2. The van der Waals surface area contributed by atoms with Gasteiger partial charge in [0, 0.05) is 37.8 Å². The number of carbonyl (C=O) groups excluding carboxylic acids is 1. The Morgan fingerprint density at radius 1 is 1.09 bits per heavy atom. The fourth-order valence-corrected chi connectivity index (χ4v) is 5.06. The molecule has 2 aromatic carbocycles. The van der Waals surface area contributed by atoms with E-state index in [1.807, 2.05) is 47.4 Å². The first-order valence-corrected chi connectivity index (χ1v) is 13.3. The molecule has 35 heavy (non-hydrogen) atoms. The van der Waals surface area contributed by atoms with E-state index in [0.717, 1.165) is 80.2 Å². The van der Waals surface area contributed by atoms with Gasteiger partial charge in [0.15, 0.2) is 5.13 Å². The number of thiazole rings is 1. The van der Waals surface area contributed by atoms with Crippen molar-refractivity contribution >= 4 is 32.6 Å². The molecule has 0 saturated carbocycles. The lowest BCUT2D eigenvalue weighted by molar-refractivity contribution is 0.0376. The van der Waals surface area contributed by atoms with Crippen molar-refractivity contribution in [3.8, 4) is 11.5 Å². The number of morpholine rings is 1. The van der Waals surface area contributed by atoms with Crippen molar-refractivity contribution in [1.29, 1.82) is 0 Å². The number of unbranched alkanes of at least 4 members (excludes halogenated alkanes) is 2. The Labute approximate surface area is 211 Å². The molecule has 0 bridgehead atoms. The minimum atomic E-state index is -0.0458. The second kappa shape index (κ2) is 12.9. The summed E-state index contributed by atoms with van der Waals surface area (Å²) >= 11 is 1.53. The minimum absolute atomic E-state index is 0.0458. The Balaban J connectivity index is 1.49. The summed E-state index contributed by atoms with van der Waals surface area (Å²) < 4.78 is 17.7. The molecule has 0 unspecified atom stereocenters. The summed E-state index contributed by atoms with van der Waals surface area (Å²) in [6.07, 6.45) is 4.22. The van der Waals surface area contributed by atoms with Crippen molar-refractivity contribution in [3.05, 3.63) is 48.0 Å². The van der Waals surface area contributed by atoms with Crippen LogP contribution in [0.15, 0.2) is 42.5 Å². The molecule has 1 aliphatic heterocycles. The van der Waals surface area contributed by atoms with E-state index in [-0.39, 0.29) is 5.91 Å². The lowest BCUT2D eigenvalue weighted by Gasteiger charge is -2.27. The summed E-state index contributed by atoms with van der Waals surface area (Å²) in [6.45, 7) is 7.82. The van der Waals surface area contributed by atoms with Gasteiger partial charge in [-0.1, -0.05) is 31.1 Å². The van der Waals surface area contributed by atoms with E-state index in [2.05, 4.69) is 11.8 Å². The standard InChI is InChI=1S/C27H35N3O4S/c1-3-4-5-17-34-22-9-7-21(8-10-22)26(31)30(14-6-13-29-15-18-33-19-16-29)27-28-24-20-23(32-2)11-12-25(24)35-27/h7-12,20H,3-6,13-19H2,1-2H3. The first-order chi connectivity index (χ1) is 17.2. The quantitative estimate of drug-likeness (QED) is 0.319. The largest absolute Gasteiger partial charge is 0.497 e. The molecule has 0 aliphatic carbocycles. The van der Waals surface area contributed by atoms with Crippen molar-refractivity contribution in [1.82, 2.24) is 9.88 Å². The van der Waals surface area contributed by atoms with Crippen LogP contribution in [0.5, 0.6) is 11.5 Å². The van der Waals surface area contributed by atoms with Crippen LogP contribution >= 0.6 is 11.3 Å². The Morgan fingerprint density at radius 2 is 1.86 bits per heavy atom. The summed E-state index contributed by atoms with van der Waals surface area (Å²) in [5, 5.41) is 0.708. The zero-order valence-corrected chi connectivity index (χ0v) is 21.5. The maximum atomic E-state index is 13.6. The van der Waals surface area contributed by atoms with Gasteiger partial charge < -0.3 is 14.2 Å². The van der Waals surface area contributed by atoms with Gasteiger partial charge in [0.1, 0.15) is 11.5 Å². The van der Waals surface area contributed by atoms with Gasteiger partial charge in [0.25, 0.3) is 5.91 Å². The molecule has 188 valence electrons. The number of amides is 1. The molecule has 0 radical (unpaired) electrons. The molecule has 8 heteroatoms. The number of hydrogen-bond acceptors (Lipinski definition) is 7. The SMILES string of the molecule is CCCCCOc1ccc(C(=O)N(CCCN2CCOCC2)c2nc3cc(OC)ccc3s2)cc1. The molecule has 1 fully saturated rings. The second-order valence-corrected chi connectivity index (χ2v) is 9.68. The first-order valence-electron chi connectivity index (χ1n) is 12.5. The molecule has 0 atom stereocenters. The van der Waals surface area contributed by atoms with Gasteiger partial charge in [-0.05, 0) is 49.2 Å². The average molecular weight is 498 g/mol. The zero-order chi connectivity index (χ0) is 24.5. The monoisotopic (exact) mass is 497 g/mol. The van der Waals surface area contributed by atoms with Gasteiger partial charge in [-0.15, -0.1) is 0 Å². The number of rotatable bonds is 12. The maximum Gasteiger partial charge on any atom is 0.260 e. The Hall–Kier alpha value is -2.68. The fourth-order valence-electron chi connectivity index (χ4n) is 4.09. The molecule has 4 rings (SSSR count). The third-order valence-corrected chi connectivity index (χ3v) is 7.20. The first kappa shape index (κ1) is 25.4. The lowest BCUT2D eigenvalue weighted by atomic mass is 10.2. The predicted octanol–water partition coefficient (Wildman–Crippen LogP) is 5.24. The highest BCUT2D eigenvalue weighted by Gasteiger charge is 2.22. The molecule has 1 saturated heterocycles. The van der Waals surface area contributed by atoms with E-state index in [9.17, 15) is 4.79 Å². The van der Waals surface area contributed by atoms with Crippen LogP contribution in [-0.2, 0) is 4.74 Å². The molecule has 7 nitrogen and oxygen atoms in total. The van der Waals surface area contributed by atoms with Crippen molar-refractivity contribution in [3.63, 3.8) is 0 Å². The van der Waals surface area contributed by atoms with Crippen molar-refractivity contribution < 1.29 is 19.0 Å². The molecular formula is C27H35N3O4S.